The van der Waals surface area contributed by atoms with E-state index in [2.05, 4.69) is 26.3 Å². The summed E-state index contributed by atoms with van der Waals surface area (Å²) in [5, 5.41) is 0. The summed E-state index contributed by atoms with van der Waals surface area (Å²) in [5.41, 5.74) is 2.02. The maximum Gasteiger partial charge on any atom is -0.0190 e. The van der Waals surface area contributed by atoms with Crippen molar-refractivity contribution < 1.29 is 0 Å². The van der Waals surface area contributed by atoms with Gasteiger partial charge in [0, 0.05) is 0 Å². The monoisotopic (exact) mass is 304 g/mol. The molecule has 0 aliphatic heterocycles. The number of allylic oxidation sites excluding steroid dienone is 10. The second kappa shape index (κ2) is 42.7. The van der Waals surface area contributed by atoms with Crippen molar-refractivity contribution >= 4 is 0 Å². The molecule has 0 amide bonds. The molecule has 0 aromatic heterocycles. The fraction of sp³-hybridized carbons (Fsp3) is 0.364. The van der Waals surface area contributed by atoms with Gasteiger partial charge in [0.25, 0.3) is 0 Å². The Morgan fingerprint density at radius 2 is 0.864 bits per heavy atom. The molecular weight excluding hydrogens is 264 g/mol. The van der Waals surface area contributed by atoms with Crippen molar-refractivity contribution in [3.8, 4) is 0 Å². The van der Waals surface area contributed by atoms with Crippen LogP contribution in [0.2, 0.25) is 0 Å². The molecule has 0 atom stereocenters. The zero-order chi connectivity index (χ0) is 18.8. The molecule has 0 heterocycles. The van der Waals surface area contributed by atoms with Gasteiger partial charge in [-0.2, -0.15) is 0 Å². The highest BCUT2D eigenvalue weighted by Crippen LogP contribution is 2.12. The first-order chi connectivity index (χ1) is 10.8. The van der Waals surface area contributed by atoms with Crippen molar-refractivity contribution in [3.63, 3.8) is 0 Å². The van der Waals surface area contributed by atoms with Crippen LogP contribution in [0, 0.1) is 0 Å². The molecule has 128 valence electrons. The normalized spacial score (nSPS) is 9.09. The molecule has 0 saturated carbocycles. The van der Waals surface area contributed by atoms with E-state index in [9.17, 15) is 0 Å². The third-order valence-corrected chi connectivity index (χ3v) is 1.59. The van der Waals surface area contributed by atoms with Crippen LogP contribution < -0.4 is 0 Å². The molecule has 0 aliphatic carbocycles. The van der Waals surface area contributed by atoms with E-state index in [4.69, 9.17) is 0 Å². The topological polar surface area (TPSA) is 0 Å². The zero-order valence-corrected chi connectivity index (χ0v) is 16.4. The molecule has 0 aromatic rings. The van der Waals surface area contributed by atoms with Gasteiger partial charge in [0.2, 0.25) is 0 Å². The first-order valence-electron chi connectivity index (χ1n) is 8.37. The summed E-state index contributed by atoms with van der Waals surface area (Å²) in [4.78, 5) is 0. The SMILES string of the molecule is C=C\C=C/C=C(C=C)/C(C=C)=C/C=C.CC.CC.CC.CC. The fourth-order valence-corrected chi connectivity index (χ4v) is 0.929. The maximum atomic E-state index is 3.74. The molecule has 0 spiro atoms. The van der Waals surface area contributed by atoms with Crippen molar-refractivity contribution in [2.45, 2.75) is 55.4 Å². The van der Waals surface area contributed by atoms with E-state index in [1.165, 1.54) is 0 Å². The quantitative estimate of drug-likeness (QED) is 0.433. The van der Waals surface area contributed by atoms with Crippen LogP contribution in [0.5, 0.6) is 0 Å². The summed E-state index contributed by atoms with van der Waals surface area (Å²) in [6, 6.07) is 0. The molecule has 0 heteroatoms. The van der Waals surface area contributed by atoms with Gasteiger partial charge in [-0.3, -0.25) is 0 Å². The lowest BCUT2D eigenvalue weighted by molar-refractivity contribution is 1.50. The van der Waals surface area contributed by atoms with Crippen molar-refractivity contribution in [2.75, 3.05) is 0 Å². The van der Waals surface area contributed by atoms with Crippen LogP contribution in [0.15, 0.2) is 86.1 Å². The minimum atomic E-state index is 1.00. The lowest BCUT2D eigenvalue weighted by atomic mass is 10.1. The van der Waals surface area contributed by atoms with Crippen molar-refractivity contribution in [1.29, 1.82) is 0 Å². The molecule has 0 radical (unpaired) electrons. The Morgan fingerprint density at radius 1 is 0.500 bits per heavy atom. The first kappa shape index (κ1) is 32.2. The second-order valence-electron chi connectivity index (χ2n) is 2.51. The van der Waals surface area contributed by atoms with E-state index in [1.807, 2.05) is 79.7 Å². The van der Waals surface area contributed by atoms with E-state index >= 15 is 0 Å². The molecule has 22 heavy (non-hydrogen) atoms. The smallest absolute Gasteiger partial charge is 0.0190 e. The summed E-state index contributed by atoms with van der Waals surface area (Å²) in [7, 11) is 0. The third-order valence-electron chi connectivity index (χ3n) is 1.59. The van der Waals surface area contributed by atoms with Crippen LogP contribution in [0.25, 0.3) is 0 Å². The van der Waals surface area contributed by atoms with Crippen LogP contribution in [0.3, 0.4) is 0 Å². The molecule has 0 nitrogen and oxygen atoms in total. The summed E-state index contributed by atoms with van der Waals surface area (Å²) in [6.07, 6.45) is 14.6. The van der Waals surface area contributed by atoms with Gasteiger partial charge in [-0.25, -0.2) is 0 Å². The molecule has 0 unspecified atom stereocenters. The van der Waals surface area contributed by atoms with Crippen molar-refractivity contribution in [3.05, 3.63) is 86.1 Å². The van der Waals surface area contributed by atoms with E-state index < -0.39 is 0 Å². The number of hydrogen-bond donors (Lipinski definition) is 0. The van der Waals surface area contributed by atoms with Gasteiger partial charge in [-0.15, -0.1) is 0 Å². The van der Waals surface area contributed by atoms with Crippen LogP contribution in [-0.2, 0) is 0 Å². The Bertz CT molecular complexity index is 309. The van der Waals surface area contributed by atoms with Crippen LogP contribution in [0.4, 0.5) is 0 Å². The second-order valence-corrected chi connectivity index (χ2v) is 2.51. The number of rotatable bonds is 6. The molecule has 0 rings (SSSR count). The molecular formula is C22H40. The van der Waals surface area contributed by atoms with Crippen LogP contribution in [-0.4, -0.2) is 0 Å². The molecule has 0 aliphatic rings. The summed E-state index contributed by atoms with van der Waals surface area (Å²) >= 11 is 0. The average Bonchev–Trinajstić information content (AvgIpc) is 2.64. The molecule has 0 fully saturated rings. The predicted molar refractivity (Wildman–Crippen MR) is 111 cm³/mol. The number of hydrogen-bond acceptors (Lipinski definition) is 0. The third kappa shape index (κ3) is 26.7. The molecule has 0 N–H and O–H groups in total. The lowest BCUT2D eigenvalue weighted by Gasteiger charge is -2.00. The Kier molecular flexibility index (Phi) is 62.6. The molecule has 0 bridgehead atoms. The van der Waals surface area contributed by atoms with E-state index in [0.29, 0.717) is 0 Å². The summed E-state index contributed by atoms with van der Waals surface area (Å²) in [6.45, 7) is 30.7. The average molecular weight is 305 g/mol. The van der Waals surface area contributed by atoms with Crippen LogP contribution >= 0.6 is 0 Å². The highest BCUT2D eigenvalue weighted by Gasteiger charge is 1.93. The lowest BCUT2D eigenvalue weighted by Crippen LogP contribution is -1.80. The van der Waals surface area contributed by atoms with Gasteiger partial charge >= 0.3 is 0 Å². The van der Waals surface area contributed by atoms with E-state index in [-0.39, 0.29) is 0 Å². The Labute approximate surface area is 142 Å². The van der Waals surface area contributed by atoms with Gasteiger partial charge in [-0.05, 0) is 11.1 Å². The molecule has 0 aromatic carbocycles. The van der Waals surface area contributed by atoms with Crippen molar-refractivity contribution in [2.24, 2.45) is 0 Å². The van der Waals surface area contributed by atoms with Gasteiger partial charge < -0.3 is 0 Å². The summed E-state index contributed by atoms with van der Waals surface area (Å²) < 4.78 is 0. The van der Waals surface area contributed by atoms with Gasteiger partial charge in [-0.1, -0.05) is 130 Å². The highest BCUT2D eigenvalue weighted by molar-refractivity contribution is 5.48. The zero-order valence-electron chi connectivity index (χ0n) is 16.4. The van der Waals surface area contributed by atoms with E-state index in [1.54, 1.807) is 24.3 Å². The minimum absolute atomic E-state index is 1.00. The largest absolute Gasteiger partial charge is 0.0991 e. The van der Waals surface area contributed by atoms with Crippen LogP contribution in [0.1, 0.15) is 55.4 Å². The van der Waals surface area contributed by atoms with Gasteiger partial charge in [0.05, 0.1) is 0 Å². The summed E-state index contributed by atoms with van der Waals surface area (Å²) in [5.74, 6) is 0. The minimum Gasteiger partial charge on any atom is -0.0991 e. The fourth-order valence-electron chi connectivity index (χ4n) is 0.929. The van der Waals surface area contributed by atoms with Crippen molar-refractivity contribution in [1.82, 2.24) is 0 Å². The standard InChI is InChI=1S/C14H16.4C2H6/c1-5-9-10-12-14(8-4)13(7-3)11-6-2;4*1-2/h5-12H,1-4H2;4*1-2H3/b10-9-,13-11+,14-12+;;;;. The first-order valence-corrected chi connectivity index (χ1v) is 8.37. The Balaban J connectivity index is -0.000000103. The molecule has 0 saturated heterocycles. The highest BCUT2D eigenvalue weighted by atomic mass is 14.0. The van der Waals surface area contributed by atoms with Gasteiger partial charge in [0.15, 0.2) is 0 Å². The maximum absolute atomic E-state index is 3.74. The predicted octanol–water partition coefficient (Wildman–Crippen LogP) is 8.24. The van der Waals surface area contributed by atoms with Gasteiger partial charge in [0.1, 0.15) is 0 Å². The Hall–Kier alpha value is -1.82. The Morgan fingerprint density at radius 3 is 1.14 bits per heavy atom. The van der Waals surface area contributed by atoms with E-state index in [0.717, 1.165) is 11.1 Å².